The van der Waals surface area contributed by atoms with E-state index >= 15 is 0 Å². The third-order valence-corrected chi connectivity index (χ3v) is 5.33. The molecule has 0 aliphatic heterocycles. The maximum Gasteiger partial charge on any atom is 0.340 e. The molecule has 0 saturated heterocycles. The SMILES string of the molecule is CCCCOc1cc(C)ccc1-c1c(C(OC(C)(C)C)C(=O)OCC)c(C)nc2cc(C)nn12. The van der Waals surface area contributed by atoms with E-state index in [1.165, 1.54) is 0 Å². The molecule has 0 spiro atoms. The van der Waals surface area contributed by atoms with E-state index in [1.54, 1.807) is 11.4 Å². The zero-order valence-electron chi connectivity index (χ0n) is 21.7. The van der Waals surface area contributed by atoms with Crippen molar-refractivity contribution < 1.29 is 19.0 Å². The molecule has 34 heavy (non-hydrogen) atoms. The van der Waals surface area contributed by atoms with Crippen LogP contribution in [0, 0.1) is 20.8 Å². The summed E-state index contributed by atoms with van der Waals surface area (Å²) in [6.07, 6.45) is 1.01. The molecule has 2 heterocycles. The number of nitrogens with zero attached hydrogens (tertiary/aromatic N) is 3. The topological polar surface area (TPSA) is 75.0 Å². The first-order valence-electron chi connectivity index (χ1n) is 12.0. The van der Waals surface area contributed by atoms with Gasteiger partial charge in [0.1, 0.15) is 5.75 Å². The number of aryl methyl sites for hydroxylation is 3. The highest BCUT2D eigenvalue weighted by Crippen LogP contribution is 2.40. The summed E-state index contributed by atoms with van der Waals surface area (Å²) in [5, 5.41) is 4.73. The third-order valence-electron chi connectivity index (χ3n) is 5.33. The van der Waals surface area contributed by atoms with Crippen LogP contribution < -0.4 is 4.74 Å². The van der Waals surface area contributed by atoms with Crippen LogP contribution in [0.25, 0.3) is 16.9 Å². The average Bonchev–Trinajstić information content (AvgIpc) is 3.11. The van der Waals surface area contributed by atoms with Crippen molar-refractivity contribution in [2.45, 2.75) is 79.9 Å². The zero-order valence-corrected chi connectivity index (χ0v) is 21.7. The fourth-order valence-corrected chi connectivity index (χ4v) is 3.89. The number of aromatic nitrogens is 3. The molecule has 184 valence electrons. The van der Waals surface area contributed by atoms with Gasteiger partial charge in [-0.2, -0.15) is 5.10 Å². The van der Waals surface area contributed by atoms with E-state index in [4.69, 9.17) is 24.3 Å². The van der Waals surface area contributed by atoms with Crippen molar-refractivity contribution >= 4 is 11.6 Å². The highest BCUT2D eigenvalue weighted by atomic mass is 16.6. The minimum Gasteiger partial charge on any atom is -0.493 e. The van der Waals surface area contributed by atoms with Crippen LogP contribution in [-0.2, 0) is 14.3 Å². The first-order valence-corrected chi connectivity index (χ1v) is 12.0. The molecule has 3 aromatic rings. The number of hydrogen-bond acceptors (Lipinski definition) is 6. The minimum atomic E-state index is -0.971. The van der Waals surface area contributed by atoms with Gasteiger partial charge in [-0.05, 0) is 72.6 Å². The van der Waals surface area contributed by atoms with E-state index in [2.05, 4.69) is 6.92 Å². The molecule has 0 N–H and O–H groups in total. The summed E-state index contributed by atoms with van der Waals surface area (Å²) in [6, 6.07) is 8.01. The van der Waals surface area contributed by atoms with Crippen molar-refractivity contribution in [3.63, 3.8) is 0 Å². The number of ether oxygens (including phenoxy) is 3. The van der Waals surface area contributed by atoms with Gasteiger partial charge in [-0.1, -0.05) is 19.4 Å². The maximum absolute atomic E-state index is 13.2. The van der Waals surface area contributed by atoms with E-state index < -0.39 is 17.7 Å². The summed E-state index contributed by atoms with van der Waals surface area (Å²) in [6.45, 7) is 16.4. The Morgan fingerprint density at radius 1 is 1.12 bits per heavy atom. The molecule has 3 rings (SSSR count). The molecular weight excluding hydrogens is 430 g/mol. The van der Waals surface area contributed by atoms with Crippen LogP contribution in [0.1, 0.15) is 76.1 Å². The van der Waals surface area contributed by atoms with Gasteiger partial charge in [-0.15, -0.1) is 0 Å². The summed E-state index contributed by atoms with van der Waals surface area (Å²) >= 11 is 0. The molecule has 1 aromatic carbocycles. The van der Waals surface area contributed by atoms with E-state index in [1.807, 2.05) is 65.8 Å². The number of hydrogen-bond donors (Lipinski definition) is 0. The van der Waals surface area contributed by atoms with Crippen molar-refractivity contribution in [3.8, 4) is 17.0 Å². The molecule has 0 aliphatic rings. The van der Waals surface area contributed by atoms with Gasteiger partial charge in [-0.25, -0.2) is 14.3 Å². The molecular formula is C27H37N3O4. The monoisotopic (exact) mass is 467 g/mol. The fraction of sp³-hybridized carbons (Fsp3) is 0.519. The largest absolute Gasteiger partial charge is 0.493 e. The van der Waals surface area contributed by atoms with Crippen LogP contribution in [0.2, 0.25) is 0 Å². The Kier molecular flexibility index (Phi) is 7.97. The summed E-state index contributed by atoms with van der Waals surface area (Å²) in [5.41, 5.74) is 4.90. The Hall–Kier alpha value is -2.93. The lowest BCUT2D eigenvalue weighted by Crippen LogP contribution is -2.30. The molecule has 0 radical (unpaired) electrons. The molecule has 1 unspecified atom stereocenters. The fourth-order valence-electron chi connectivity index (χ4n) is 3.89. The predicted octanol–water partition coefficient (Wildman–Crippen LogP) is 5.92. The first kappa shape index (κ1) is 25.7. The highest BCUT2D eigenvalue weighted by Gasteiger charge is 2.34. The van der Waals surface area contributed by atoms with Crippen LogP contribution in [0.4, 0.5) is 0 Å². The molecule has 0 saturated carbocycles. The molecule has 0 fully saturated rings. The smallest absolute Gasteiger partial charge is 0.340 e. The second-order valence-corrected chi connectivity index (χ2v) is 9.58. The summed E-state index contributed by atoms with van der Waals surface area (Å²) in [5.74, 6) is 0.292. The van der Waals surface area contributed by atoms with Crippen LogP contribution in [0.15, 0.2) is 24.3 Å². The zero-order chi connectivity index (χ0) is 25.0. The molecule has 7 nitrogen and oxygen atoms in total. The molecule has 0 aliphatic carbocycles. The Balaban J connectivity index is 2.35. The van der Waals surface area contributed by atoms with Crippen LogP contribution in [0.3, 0.4) is 0 Å². The number of carbonyl (C=O) groups is 1. The number of unbranched alkanes of at least 4 members (excludes halogenated alkanes) is 1. The summed E-state index contributed by atoms with van der Waals surface area (Å²) < 4.78 is 19.8. The van der Waals surface area contributed by atoms with Crippen molar-refractivity contribution in [2.75, 3.05) is 13.2 Å². The Morgan fingerprint density at radius 3 is 2.50 bits per heavy atom. The van der Waals surface area contributed by atoms with Gasteiger partial charge in [0.2, 0.25) is 0 Å². The molecule has 0 bridgehead atoms. The molecule has 0 amide bonds. The van der Waals surface area contributed by atoms with Gasteiger partial charge in [-0.3, -0.25) is 0 Å². The van der Waals surface area contributed by atoms with E-state index in [0.717, 1.165) is 41.1 Å². The Bertz CT molecular complexity index is 1160. The predicted molar refractivity (Wildman–Crippen MR) is 133 cm³/mol. The number of carbonyl (C=O) groups excluding carboxylic acids is 1. The van der Waals surface area contributed by atoms with Gasteiger partial charge in [0.15, 0.2) is 11.8 Å². The summed E-state index contributed by atoms with van der Waals surface area (Å²) in [7, 11) is 0. The van der Waals surface area contributed by atoms with Gasteiger partial charge >= 0.3 is 5.97 Å². The lowest BCUT2D eigenvalue weighted by molar-refractivity contribution is -0.166. The second-order valence-electron chi connectivity index (χ2n) is 9.58. The molecule has 2 aromatic heterocycles. The first-order chi connectivity index (χ1) is 16.1. The van der Waals surface area contributed by atoms with E-state index in [9.17, 15) is 4.79 Å². The maximum atomic E-state index is 13.2. The molecule has 1 atom stereocenters. The van der Waals surface area contributed by atoms with Gasteiger partial charge in [0.25, 0.3) is 0 Å². The van der Waals surface area contributed by atoms with Crippen LogP contribution in [-0.4, -0.2) is 39.4 Å². The van der Waals surface area contributed by atoms with Gasteiger partial charge in [0, 0.05) is 22.9 Å². The van der Waals surface area contributed by atoms with Crippen molar-refractivity contribution in [3.05, 3.63) is 46.8 Å². The number of esters is 1. The Labute approximate surface area is 202 Å². The number of benzene rings is 1. The normalized spacial score (nSPS) is 12.7. The van der Waals surface area contributed by atoms with Crippen molar-refractivity contribution in [2.24, 2.45) is 0 Å². The van der Waals surface area contributed by atoms with Gasteiger partial charge in [0.05, 0.1) is 30.2 Å². The van der Waals surface area contributed by atoms with E-state index in [0.29, 0.717) is 23.5 Å². The highest BCUT2D eigenvalue weighted by molar-refractivity contribution is 5.83. The van der Waals surface area contributed by atoms with Crippen LogP contribution in [0.5, 0.6) is 5.75 Å². The standard InChI is InChI=1S/C27H37N3O4/c1-9-11-14-33-21-15-17(3)12-13-20(21)24-23(19(5)28-22-16-18(4)29-30(22)24)25(26(31)32-10-2)34-27(6,7)8/h12-13,15-16,25H,9-11,14H2,1-8H3. The quantitative estimate of drug-likeness (QED) is 0.287. The minimum absolute atomic E-state index is 0.254. The van der Waals surface area contributed by atoms with Crippen molar-refractivity contribution in [1.82, 2.24) is 14.6 Å². The number of fused-ring (bicyclic) bond motifs is 1. The molecule has 7 heteroatoms. The van der Waals surface area contributed by atoms with E-state index in [-0.39, 0.29) is 6.61 Å². The average molecular weight is 468 g/mol. The van der Waals surface area contributed by atoms with Crippen LogP contribution >= 0.6 is 0 Å². The number of rotatable bonds is 9. The van der Waals surface area contributed by atoms with Crippen molar-refractivity contribution in [1.29, 1.82) is 0 Å². The Morgan fingerprint density at radius 2 is 1.85 bits per heavy atom. The van der Waals surface area contributed by atoms with Gasteiger partial charge < -0.3 is 14.2 Å². The lowest BCUT2D eigenvalue weighted by Gasteiger charge is -2.29. The third kappa shape index (κ3) is 5.76. The lowest BCUT2D eigenvalue weighted by atomic mass is 9.97. The second kappa shape index (κ2) is 10.6. The summed E-state index contributed by atoms with van der Waals surface area (Å²) in [4.78, 5) is 18.0.